The average molecular weight is 481 g/mol. The number of ether oxygens (including phenoxy) is 1. The maximum absolute atomic E-state index is 12.9. The fraction of sp³-hybridized carbons (Fsp3) is 0.679. The van der Waals surface area contributed by atoms with Crippen molar-refractivity contribution in [1.29, 1.82) is 0 Å². The van der Waals surface area contributed by atoms with Crippen molar-refractivity contribution in [2.75, 3.05) is 26.2 Å². The zero-order valence-corrected chi connectivity index (χ0v) is 21.7. The van der Waals surface area contributed by atoms with E-state index in [0.29, 0.717) is 36.1 Å². The van der Waals surface area contributed by atoms with Gasteiger partial charge in [0.1, 0.15) is 5.65 Å². The smallest absolute Gasteiger partial charge is 0.340 e. The number of amides is 1. The van der Waals surface area contributed by atoms with Crippen molar-refractivity contribution in [3.63, 3.8) is 0 Å². The fourth-order valence-electron chi connectivity index (χ4n) is 6.56. The SMILES string of the molecule is CCOC(=O)c1c(C)n(C(C)C2CCC(N3CC(C(=O)N(CC)C4CC4)C3)CC2)c2ncccc12. The Labute approximate surface area is 208 Å². The Bertz CT molecular complexity index is 1080. The Morgan fingerprint density at radius 3 is 2.49 bits per heavy atom. The molecule has 0 radical (unpaired) electrons. The van der Waals surface area contributed by atoms with Crippen LogP contribution >= 0.6 is 0 Å². The Hall–Kier alpha value is -2.41. The molecule has 1 aliphatic heterocycles. The Morgan fingerprint density at radius 1 is 1.14 bits per heavy atom. The molecule has 3 aliphatic rings. The third-order valence-corrected chi connectivity index (χ3v) is 8.70. The lowest BCUT2D eigenvalue weighted by Gasteiger charge is -2.47. The summed E-state index contributed by atoms with van der Waals surface area (Å²) in [5, 5.41) is 0.882. The highest BCUT2D eigenvalue weighted by atomic mass is 16.5. The molecule has 0 N–H and O–H groups in total. The summed E-state index contributed by atoms with van der Waals surface area (Å²) in [7, 11) is 0. The van der Waals surface area contributed by atoms with Crippen molar-refractivity contribution in [2.45, 2.75) is 84.3 Å². The predicted molar refractivity (Wildman–Crippen MR) is 136 cm³/mol. The summed E-state index contributed by atoms with van der Waals surface area (Å²) in [5.74, 6) is 0.867. The first kappa shape index (κ1) is 24.3. The Balaban J connectivity index is 1.22. The lowest BCUT2D eigenvalue weighted by Crippen LogP contribution is -2.58. The number of hydrogen-bond donors (Lipinski definition) is 0. The molecule has 0 bridgehead atoms. The van der Waals surface area contributed by atoms with Gasteiger partial charge in [-0.3, -0.25) is 9.69 Å². The molecule has 1 atom stereocenters. The van der Waals surface area contributed by atoms with Gasteiger partial charge in [0.05, 0.1) is 18.1 Å². The quantitative estimate of drug-likeness (QED) is 0.517. The van der Waals surface area contributed by atoms with Crippen molar-refractivity contribution in [3.8, 4) is 0 Å². The van der Waals surface area contributed by atoms with Gasteiger partial charge in [0.15, 0.2) is 0 Å². The van der Waals surface area contributed by atoms with Gasteiger partial charge in [0, 0.05) is 55.0 Å². The monoisotopic (exact) mass is 480 g/mol. The summed E-state index contributed by atoms with van der Waals surface area (Å²) < 4.78 is 7.63. The van der Waals surface area contributed by atoms with Crippen LogP contribution in [0.4, 0.5) is 0 Å². The van der Waals surface area contributed by atoms with E-state index in [0.717, 1.165) is 49.2 Å². The number of likely N-dealkylation sites (tertiary alicyclic amines) is 1. The molecule has 2 aromatic rings. The highest BCUT2D eigenvalue weighted by molar-refractivity contribution is 6.05. The normalized spacial score (nSPS) is 24.2. The number of esters is 1. The minimum Gasteiger partial charge on any atom is -0.462 e. The third kappa shape index (κ3) is 4.48. The van der Waals surface area contributed by atoms with Gasteiger partial charge in [-0.25, -0.2) is 9.78 Å². The number of fused-ring (bicyclic) bond motifs is 1. The van der Waals surface area contributed by atoms with E-state index in [9.17, 15) is 9.59 Å². The number of rotatable bonds is 8. The Morgan fingerprint density at radius 2 is 1.86 bits per heavy atom. The summed E-state index contributed by atoms with van der Waals surface area (Å²) in [6, 6.07) is 5.24. The molecule has 2 aliphatic carbocycles. The highest BCUT2D eigenvalue weighted by Gasteiger charge is 2.43. The van der Waals surface area contributed by atoms with Gasteiger partial charge in [0.25, 0.3) is 0 Å². The molecule has 5 rings (SSSR count). The molecule has 0 spiro atoms. The van der Waals surface area contributed by atoms with Crippen molar-refractivity contribution in [1.82, 2.24) is 19.4 Å². The molecule has 7 heteroatoms. The number of pyridine rings is 1. The number of aromatic nitrogens is 2. The van der Waals surface area contributed by atoms with Crippen LogP contribution < -0.4 is 0 Å². The van der Waals surface area contributed by atoms with Crippen LogP contribution in [0.2, 0.25) is 0 Å². The third-order valence-electron chi connectivity index (χ3n) is 8.70. The van der Waals surface area contributed by atoms with E-state index in [1.807, 2.05) is 26.0 Å². The molecule has 190 valence electrons. The molecule has 3 fully saturated rings. The fourth-order valence-corrected chi connectivity index (χ4v) is 6.56. The van der Waals surface area contributed by atoms with E-state index in [4.69, 9.17) is 4.74 Å². The van der Waals surface area contributed by atoms with Gasteiger partial charge in [-0.1, -0.05) is 0 Å². The number of hydrogen-bond acceptors (Lipinski definition) is 5. The molecule has 0 aromatic carbocycles. The van der Waals surface area contributed by atoms with Crippen LogP contribution in [-0.2, 0) is 9.53 Å². The van der Waals surface area contributed by atoms with E-state index in [1.165, 1.54) is 25.7 Å². The summed E-state index contributed by atoms with van der Waals surface area (Å²) in [5.41, 5.74) is 2.48. The van der Waals surface area contributed by atoms with Crippen LogP contribution in [0.1, 0.15) is 81.4 Å². The lowest BCUT2D eigenvalue weighted by molar-refractivity contribution is -0.143. The number of carbonyl (C=O) groups is 2. The van der Waals surface area contributed by atoms with Crippen LogP contribution in [0.3, 0.4) is 0 Å². The summed E-state index contributed by atoms with van der Waals surface area (Å²) in [6.07, 6.45) is 8.84. The molecule has 1 saturated heterocycles. The second-order valence-corrected chi connectivity index (χ2v) is 10.7. The number of nitrogens with zero attached hydrogens (tertiary/aromatic N) is 4. The first-order valence-electron chi connectivity index (χ1n) is 13.6. The second-order valence-electron chi connectivity index (χ2n) is 10.7. The van der Waals surface area contributed by atoms with Crippen molar-refractivity contribution in [3.05, 3.63) is 29.6 Å². The predicted octanol–water partition coefficient (Wildman–Crippen LogP) is 4.58. The van der Waals surface area contributed by atoms with Gasteiger partial charge in [-0.2, -0.15) is 0 Å². The maximum Gasteiger partial charge on any atom is 0.340 e. The Kier molecular flexibility index (Phi) is 6.88. The van der Waals surface area contributed by atoms with Gasteiger partial charge < -0.3 is 14.2 Å². The van der Waals surface area contributed by atoms with E-state index < -0.39 is 0 Å². The second kappa shape index (κ2) is 9.92. The average Bonchev–Trinajstić information content (AvgIpc) is 3.61. The maximum atomic E-state index is 12.9. The largest absolute Gasteiger partial charge is 0.462 e. The van der Waals surface area contributed by atoms with Gasteiger partial charge >= 0.3 is 5.97 Å². The molecule has 3 heterocycles. The van der Waals surface area contributed by atoms with Gasteiger partial charge in [-0.05, 0) is 84.3 Å². The zero-order valence-electron chi connectivity index (χ0n) is 21.7. The standard InChI is InChI=1S/C28H40N4O3/c1-5-31(23-13-14-23)27(33)21-16-30(17-21)22-11-9-20(10-12-22)18(3)32-19(4)25(28(34)35-6-2)24-8-7-15-29-26(24)32/h7-8,15,18,20-23H,5-6,9-14,16-17H2,1-4H3. The summed E-state index contributed by atoms with van der Waals surface area (Å²) >= 11 is 0. The molecule has 2 saturated carbocycles. The lowest BCUT2D eigenvalue weighted by atomic mass is 9.79. The minimum absolute atomic E-state index is 0.202. The first-order chi connectivity index (χ1) is 16.9. The van der Waals surface area contributed by atoms with E-state index in [-0.39, 0.29) is 17.9 Å². The van der Waals surface area contributed by atoms with Crippen molar-refractivity contribution >= 4 is 22.9 Å². The molecule has 7 nitrogen and oxygen atoms in total. The molecule has 1 unspecified atom stereocenters. The van der Waals surface area contributed by atoms with Crippen LogP contribution in [0.15, 0.2) is 18.3 Å². The van der Waals surface area contributed by atoms with Crippen LogP contribution in [0, 0.1) is 18.8 Å². The number of carbonyl (C=O) groups excluding carboxylic acids is 2. The summed E-state index contributed by atoms with van der Waals surface area (Å²) in [6.45, 7) is 11.3. The van der Waals surface area contributed by atoms with Crippen LogP contribution in [0.5, 0.6) is 0 Å². The van der Waals surface area contributed by atoms with E-state index in [2.05, 4.69) is 33.2 Å². The van der Waals surface area contributed by atoms with E-state index in [1.54, 1.807) is 6.20 Å². The van der Waals surface area contributed by atoms with E-state index >= 15 is 0 Å². The van der Waals surface area contributed by atoms with Crippen molar-refractivity contribution in [2.24, 2.45) is 11.8 Å². The molecule has 35 heavy (non-hydrogen) atoms. The minimum atomic E-state index is -0.261. The summed E-state index contributed by atoms with van der Waals surface area (Å²) in [4.78, 5) is 34.9. The topological polar surface area (TPSA) is 67.7 Å². The molecule has 1 amide bonds. The molecular formula is C28H40N4O3. The van der Waals surface area contributed by atoms with Gasteiger partial charge in [-0.15, -0.1) is 0 Å². The molecule has 2 aromatic heterocycles. The molecular weight excluding hydrogens is 440 g/mol. The van der Waals surface area contributed by atoms with Crippen LogP contribution in [0.25, 0.3) is 11.0 Å². The van der Waals surface area contributed by atoms with Gasteiger partial charge in [0.2, 0.25) is 5.91 Å². The van der Waals surface area contributed by atoms with Crippen molar-refractivity contribution < 1.29 is 14.3 Å². The highest BCUT2D eigenvalue weighted by Crippen LogP contribution is 2.40. The zero-order chi connectivity index (χ0) is 24.7. The van der Waals surface area contributed by atoms with Crippen LogP contribution in [-0.4, -0.2) is 69.6 Å². The first-order valence-corrected chi connectivity index (χ1v) is 13.6.